The highest BCUT2D eigenvalue weighted by Crippen LogP contribution is 2.28. The second-order valence-electron chi connectivity index (χ2n) is 4.12. The molecular formula is C11H17N3. The van der Waals surface area contributed by atoms with Gasteiger partial charge < -0.3 is 10.6 Å². The zero-order valence-corrected chi connectivity index (χ0v) is 8.61. The third-order valence-corrected chi connectivity index (χ3v) is 2.96. The first kappa shape index (κ1) is 9.31. The summed E-state index contributed by atoms with van der Waals surface area (Å²) in [5, 5.41) is 0. The standard InChI is InChI=1S/C11H17N3/c1-14(8-9-3-2-4-9)10-5-6-13-11(12)7-10/h5-7,9H,2-4,8H2,1H3,(H2,12,13). The molecule has 1 aromatic heterocycles. The molecule has 0 unspecified atom stereocenters. The molecule has 2 N–H and O–H groups in total. The van der Waals surface area contributed by atoms with Gasteiger partial charge in [0, 0.05) is 31.5 Å². The molecule has 3 heteroatoms. The first-order chi connectivity index (χ1) is 6.75. The van der Waals surface area contributed by atoms with Crippen LogP contribution in [0.1, 0.15) is 19.3 Å². The molecule has 0 aliphatic heterocycles. The molecule has 76 valence electrons. The molecule has 0 atom stereocenters. The topological polar surface area (TPSA) is 42.2 Å². The lowest BCUT2D eigenvalue weighted by molar-refractivity contribution is 0.321. The summed E-state index contributed by atoms with van der Waals surface area (Å²) >= 11 is 0. The second-order valence-corrected chi connectivity index (χ2v) is 4.12. The Labute approximate surface area is 84.9 Å². The molecule has 1 heterocycles. The fraction of sp³-hybridized carbons (Fsp3) is 0.545. The van der Waals surface area contributed by atoms with Gasteiger partial charge in [-0.1, -0.05) is 6.42 Å². The van der Waals surface area contributed by atoms with Crippen molar-refractivity contribution >= 4 is 11.5 Å². The lowest BCUT2D eigenvalue weighted by atomic mass is 9.85. The van der Waals surface area contributed by atoms with Crippen LogP contribution in [-0.4, -0.2) is 18.6 Å². The van der Waals surface area contributed by atoms with Gasteiger partial charge in [-0.15, -0.1) is 0 Å². The molecule has 0 radical (unpaired) electrons. The second kappa shape index (κ2) is 3.86. The largest absolute Gasteiger partial charge is 0.384 e. The minimum atomic E-state index is 0.600. The fourth-order valence-corrected chi connectivity index (χ4v) is 1.84. The summed E-state index contributed by atoms with van der Waals surface area (Å²) in [5.41, 5.74) is 6.81. The summed E-state index contributed by atoms with van der Waals surface area (Å²) in [4.78, 5) is 6.25. The molecule has 1 aromatic rings. The van der Waals surface area contributed by atoms with Crippen LogP contribution in [0.3, 0.4) is 0 Å². The predicted octanol–water partition coefficient (Wildman–Crippen LogP) is 1.90. The molecule has 1 aliphatic carbocycles. The lowest BCUT2D eigenvalue weighted by Crippen LogP contribution is -2.29. The maximum atomic E-state index is 5.64. The molecule has 3 nitrogen and oxygen atoms in total. The van der Waals surface area contributed by atoms with Crippen molar-refractivity contribution in [3.05, 3.63) is 18.3 Å². The summed E-state index contributed by atoms with van der Waals surface area (Å²) < 4.78 is 0. The highest BCUT2D eigenvalue weighted by Gasteiger charge is 2.19. The van der Waals surface area contributed by atoms with E-state index in [0.717, 1.165) is 12.5 Å². The fourth-order valence-electron chi connectivity index (χ4n) is 1.84. The average Bonchev–Trinajstić information content (AvgIpc) is 2.11. The number of pyridine rings is 1. The van der Waals surface area contributed by atoms with E-state index < -0.39 is 0 Å². The van der Waals surface area contributed by atoms with E-state index in [2.05, 4.69) is 16.9 Å². The Morgan fingerprint density at radius 1 is 1.57 bits per heavy atom. The van der Waals surface area contributed by atoms with Gasteiger partial charge in [-0.25, -0.2) is 4.98 Å². The molecule has 1 fully saturated rings. The summed E-state index contributed by atoms with van der Waals surface area (Å²) in [6.07, 6.45) is 5.93. The predicted molar refractivity (Wildman–Crippen MR) is 59.3 cm³/mol. The highest BCUT2D eigenvalue weighted by molar-refractivity contribution is 5.51. The van der Waals surface area contributed by atoms with Crippen LogP contribution in [0.5, 0.6) is 0 Å². The van der Waals surface area contributed by atoms with E-state index in [4.69, 9.17) is 5.73 Å². The Bertz CT molecular complexity index is 307. The van der Waals surface area contributed by atoms with Gasteiger partial charge in [-0.2, -0.15) is 0 Å². The van der Waals surface area contributed by atoms with E-state index in [1.807, 2.05) is 12.1 Å². The van der Waals surface area contributed by atoms with Crippen LogP contribution < -0.4 is 10.6 Å². The van der Waals surface area contributed by atoms with E-state index in [-0.39, 0.29) is 0 Å². The van der Waals surface area contributed by atoms with Crippen molar-refractivity contribution < 1.29 is 0 Å². The minimum Gasteiger partial charge on any atom is -0.384 e. The third-order valence-electron chi connectivity index (χ3n) is 2.96. The molecule has 0 bridgehead atoms. The van der Waals surface area contributed by atoms with Gasteiger partial charge in [0.2, 0.25) is 0 Å². The van der Waals surface area contributed by atoms with Crippen molar-refractivity contribution in [2.24, 2.45) is 5.92 Å². The van der Waals surface area contributed by atoms with E-state index in [0.29, 0.717) is 5.82 Å². The Balaban J connectivity index is 1.98. The lowest BCUT2D eigenvalue weighted by Gasteiger charge is -2.31. The van der Waals surface area contributed by atoms with Gasteiger partial charge in [0.05, 0.1) is 0 Å². The number of hydrogen-bond acceptors (Lipinski definition) is 3. The number of hydrogen-bond donors (Lipinski definition) is 1. The molecule has 1 aliphatic rings. The zero-order valence-electron chi connectivity index (χ0n) is 8.61. The normalized spacial score (nSPS) is 16.4. The van der Waals surface area contributed by atoms with Crippen molar-refractivity contribution in [2.45, 2.75) is 19.3 Å². The molecule has 14 heavy (non-hydrogen) atoms. The Morgan fingerprint density at radius 2 is 2.36 bits per heavy atom. The van der Waals surface area contributed by atoms with Crippen LogP contribution >= 0.6 is 0 Å². The SMILES string of the molecule is CN(CC1CCC1)c1ccnc(N)c1. The first-order valence-corrected chi connectivity index (χ1v) is 5.18. The molecule has 0 amide bonds. The van der Waals surface area contributed by atoms with Crippen LogP contribution in [0.25, 0.3) is 0 Å². The van der Waals surface area contributed by atoms with Crippen molar-refractivity contribution in [1.29, 1.82) is 0 Å². The van der Waals surface area contributed by atoms with Gasteiger partial charge in [-0.05, 0) is 24.8 Å². The number of aromatic nitrogens is 1. The Morgan fingerprint density at radius 3 is 2.93 bits per heavy atom. The van der Waals surface area contributed by atoms with E-state index >= 15 is 0 Å². The number of rotatable bonds is 3. The van der Waals surface area contributed by atoms with Crippen molar-refractivity contribution in [3.63, 3.8) is 0 Å². The average molecular weight is 191 g/mol. The van der Waals surface area contributed by atoms with Crippen molar-refractivity contribution in [1.82, 2.24) is 4.98 Å². The maximum Gasteiger partial charge on any atom is 0.125 e. The van der Waals surface area contributed by atoms with Gasteiger partial charge in [-0.3, -0.25) is 0 Å². The summed E-state index contributed by atoms with van der Waals surface area (Å²) in [7, 11) is 2.12. The monoisotopic (exact) mass is 191 g/mol. The number of nitrogens with zero attached hydrogens (tertiary/aromatic N) is 2. The van der Waals surface area contributed by atoms with Gasteiger partial charge >= 0.3 is 0 Å². The quantitative estimate of drug-likeness (QED) is 0.793. The summed E-state index contributed by atoms with van der Waals surface area (Å²) in [6.45, 7) is 1.14. The molecule has 0 saturated heterocycles. The van der Waals surface area contributed by atoms with Crippen LogP contribution in [0.2, 0.25) is 0 Å². The van der Waals surface area contributed by atoms with Crippen LogP contribution in [-0.2, 0) is 0 Å². The van der Waals surface area contributed by atoms with Crippen LogP contribution in [0, 0.1) is 5.92 Å². The summed E-state index contributed by atoms with van der Waals surface area (Å²) in [5.74, 6) is 1.48. The van der Waals surface area contributed by atoms with E-state index in [1.165, 1.54) is 24.9 Å². The number of nitrogens with two attached hydrogens (primary N) is 1. The Kier molecular flexibility index (Phi) is 2.57. The van der Waals surface area contributed by atoms with Crippen LogP contribution in [0.15, 0.2) is 18.3 Å². The number of nitrogen functional groups attached to an aromatic ring is 1. The molecule has 2 rings (SSSR count). The first-order valence-electron chi connectivity index (χ1n) is 5.18. The molecule has 0 aromatic carbocycles. The van der Waals surface area contributed by atoms with Gasteiger partial charge in [0.1, 0.15) is 5.82 Å². The molecular weight excluding hydrogens is 174 g/mol. The summed E-state index contributed by atoms with van der Waals surface area (Å²) in [6, 6.07) is 3.94. The molecule has 1 saturated carbocycles. The smallest absolute Gasteiger partial charge is 0.125 e. The maximum absolute atomic E-state index is 5.64. The molecule has 0 spiro atoms. The van der Waals surface area contributed by atoms with Gasteiger partial charge in [0.25, 0.3) is 0 Å². The number of anilines is 2. The zero-order chi connectivity index (χ0) is 9.97. The van der Waals surface area contributed by atoms with Crippen molar-refractivity contribution in [3.8, 4) is 0 Å². The minimum absolute atomic E-state index is 0.600. The van der Waals surface area contributed by atoms with Gasteiger partial charge in [0.15, 0.2) is 0 Å². The van der Waals surface area contributed by atoms with E-state index in [9.17, 15) is 0 Å². The Hall–Kier alpha value is -1.25. The van der Waals surface area contributed by atoms with Crippen molar-refractivity contribution in [2.75, 3.05) is 24.2 Å². The third kappa shape index (κ3) is 1.97. The van der Waals surface area contributed by atoms with Crippen LogP contribution in [0.4, 0.5) is 11.5 Å². The van der Waals surface area contributed by atoms with E-state index in [1.54, 1.807) is 6.20 Å². The highest BCUT2D eigenvalue weighted by atomic mass is 15.1.